The lowest BCUT2D eigenvalue weighted by atomic mass is 9.81. The first kappa shape index (κ1) is 13.1. The summed E-state index contributed by atoms with van der Waals surface area (Å²) in [6, 6.07) is 0.922. The highest BCUT2D eigenvalue weighted by Crippen LogP contribution is 2.40. The van der Waals surface area contributed by atoms with Crippen LogP contribution in [0.4, 0.5) is 18.9 Å². The number of fused-ring (bicyclic) bond motifs is 1. The smallest absolute Gasteiger partial charge is 0.237 e. The van der Waals surface area contributed by atoms with Crippen LogP contribution in [0.2, 0.25) is 0 Å². The number of hydrogen-bond acceptors (Lipinski definition) is 2. The average molecular weight is 283 g/mol. The number of imide groups is 1. The Morgan fingerprint density at radius 1 is 0.850 bits per heavy atom. The molecule has 2 unspecified atom stereocenters. The number of hydrogen-bond donors (Lipinski definition) is 0. The van der Waals surface area contributed by atoms with Gasteiger partial charge in [-0.1, -0.05) is 12.8 Å². The van der Waals surface area contributed by atoms with Gasteiger partial charge in [0.1, 0.15) is 0 Å². The Labute approximate surface area is 113 Å². The Hall–Kier alpha value is -1.85. The summed E-state index contributed by atoms with van der Waals surface area (Å²) in [6.07, 6.45) is 2.84. The van der Waals surface area contributed by atoms with Crippen molar-refractivity contribution < 1.29 is 22.8 Å². The lowest BCUT2D eigenvalue weighted by Gasteiger charge is -2.19. The third-order valence-corrected chi connectivity index (χ3v) is 4.07. The van der Waals surface area contributed by atoms with Crippen LogP contribution in [-0.2, 0) is 9.59 Å². The van der Waals surface area contributed by atoms with Gasteiger partial charge in [0, 0.05) is 12.1 Å². The van der Waals surface area contributed by atoms with Gasteiger partial charge >= 0.3 is 0 Å². The Morgan fingerprint density at radius 3 is 1.90 bits per heavy atom. The summed E-state index contributed by atoms with van der Waals surface area (Å²) in [5, 5.41) is 0. The molecule has 3 nitrogen and oxygen atoms in total. The summed E-state index contributed by atoms with van der Waals surface area (Å²) in [5.74, 6) is -5.66. The van der Waals surface area contributed by atoms with Gasteiger partial charge in [0.2, 0.25) is 11.8 Å². The van der Waals surface area contributed by atoms with Crippen molar-refractivity contribution in [1.29, 1.82) is 0 Å². The van der Waals surface area contributed by atoms with E-state index in [4.69, 9.17) is 0 Å². The number of carbonyl (C=O) groups excluding carboxylic acids is 2. The molecule has 1 aromatic carbocycles. The van der Waals surface area contributed by atoms with Gasteiger partial charge in [-0.2, -0.15) is 0 Å². The Bertz CT molecular complexity index is 578. The highest BCUT2D eigenvalue weighted by molar-refractivity contribution is 6.22. The first-order valence-corrected chi connectivity index (χ1v) is 6.53. The summed E-state index contributed by atoms with van der Waals surface area (Å²) in [7, 11) is 0. The molecule has 106 valence electrons. The van der Waals surface area contributed by atoms with Crippen molar-refractivity contribution >= 4 is 17.5 Å². The lowest BCUT2D eigenvalue weighted by Crippen LogP contribution is -2.31. The predicted octanol–water partition coefficient (Wildman–Crippen LogP) is 2.78. The zero-order chi connectivity index (χ0) is 14.4. The number of anilines is 1. The maximum Gasteiger partial charge on any atom is 0.237 e. The standard InChI is InChI=1S/C14H12F3NO2/c15-9-5-11(17)12(6-10(9)16)18-13(19)7-3-1-2-4-8(7)14(18)20/h5-8H,1-4H2. The van der Waals surface area contributed by atoms with Crippen molar-refractivity contribution in [1.82, 2.24) is 0 Å². The van der Waals surface area contributed by atoms with Gasteiger partial charge in [-0.25, -0.2) is 18.1 Å². The highest BCUT2D eigenvalue weighted by atomic mass is 19.2. The lowest BCUT2D eigenvalue weighted by molar-refractivity contribution is -0.122. The molecular weight excluding hydrogens is 271 g/mol. The molecule has 1 saturated heterocycles. The second kappa shape index (κ2) is 4.61. The van der Waals surface area contributed by atoms with Crippen molar-refractivity contribution in [3.8, 4) is 0 Å². The molecule has 1 saturated carbocycles. The minimum absolute atomic E-state index is 0.354. The van der Waals surface area contributed by atoms with E-state index < -0.39 is 46.8 Å². The summed E-state index contributed by atoms with van der Waals surface area (Å²) < 4.78 is 39.9. The van der Waals surface area contributed by atoms with E-state index in [-0.39, 0.29) is 0 Å². The van der Waals surface area contributed by atoms with E-state index >= 15 is 0 Å². The van der Waals surface area contributed by atoms with E-state index in [0.717, 1.165) is 12.8 Å². The molecule has 6 heteroatoms. The van der Waals surface area contributed by atoms with Gasteiger partial charge < -0.3 is 0 Å². The molecule has 0 N–H and O–H groups in total. The van der Waals surface area contributed by atoms with Crippen LogP contribution in [0.15, 0.2) is 12.1 Å². The topological polar surface area (TPSA) is 37.4 Å². The van der Waals surface area contributed by atoms with E-state index in [1.807, 2.05) is 0 Å². The first-order valence-electron chi connectivity index (χ1n) is 6.53. The second-order valence-corrected chi connectivity index (χ2v) is 5.23. The molecule has 20 heavy (non-hydrogen) atoms. The van der Waals surface area contributed by atoms with Gasteiger partial charge in [-0.05, 0) is 12.8 Å². The second-order valence-electron chi connectivity index (χ2n) is 5.23. The van der Waals surface area contributed by atoms with E-state index in [1.165, 1.54) is 0 Å². The Kier molecular flexibility index (Phi) is 3.03. The third-order valence-electron chi connectivity index (χ3n) is 4.07. The quantitative estimate of drug-likeness (QED) is 0.587. The molecule has 3 rings (SSSR count). The number of halogens is 3. The SMILES string of the molecule is O=C1C2CCCCC2C(=O)N1c1cc(F)c(F)cc1F. The number of rotatable bonds is 1. The zero-order valence-electron chi connectivity index (χ0n) is 10.5. The van der Waals surface area contributed by atoms with Crippen LogP contribution in [0.3, 0.4) is 0 Å². The van der Waals surface area contributed by atoms with Crippen LogP contribution in [-0.4, -0.2) is 11.8 Å². The van der Waals surface area contributed by atoms with Crippen molar-refractivity contribution in [2.75, 3.05) is 4.90 Å². The van der Waals surface area contributed by atoms with Gasteiger partial charge in [0.05, 0.1) is 17.5 Å². The van der Waals surface area contributed by atoms with Gasteiger partial charge in [0.25, 0.3) is 0 Å². The summed E-state index contributed by atoms with van der Waals surface area (Å²) in [5.41, 5.74) is -0.492. The van der Waals surface area contributed by atoms with Gasteiger partial charge in [-0.3, -0.25) is 9.59 Å². The fourth-order valence-corrected chi connectivity index (χ4v) is 3.08. The van der Waals surface area contributed by atoms with E-state index in [2.05, 4.69) is 0 Å². The highest BCUT2D eigenvalue weighted by Gasteiger charge is 2.49. The molecule has 0 aromatic heterocycles. The van der Waals surface area contributed by atoms with Crippen LogP contribution in [0, 0.1) is 29.3 Å². The molecule has 2 aliphatic rings. The number of carbonyl (C=O) groups is 2. The Balaban J connectivity index is 2.04. The third kappa shape index (κ3) is 1.82. The fourth-order valence-electron chi connectivity index (χ4n) is 3.08. The maximum atomic E-state index is 13.8. The van der Waals surface area contributed by atoms with Crippen LogP contribution in [0.1, 0.15) is 25.7 Å². The average Bonchev–Trinajstić information content (AvgIpc) is 2.68. The Morgan fingerprint density at radius 2 is 1.35 bits per heavy atom. The van der Waals surface area contributed by atoms with Crippen LogP contribution in [0.25, 0.3) is 0 Å². The molecule has 2 atom stereocenters. The van der Waals surface area contributed by atoms with Gasteiger partial charge in [0.15, 0.2) is 17.5 Å². The van der Waals surface area contributed by atoms with Crippen LogP contribution >= 0.6 is 0 Å². The molecular formula is C14H12F3NO2. The molecule has 2 amide bonds. The van der Waals surface area contributed by atoms with E-state index in [9.17, 15) is 22.8 Å². The molecule has 2 fully saturated rings. The minimum atomic E-state index is -1.34. The predicted molar refractivity (Wildman–Crippen MR) is 64.3 cm³/mol. The normalized spacial score (nSPS) is 26.1. The molecule has 0 bridgehead atoms. The number of nitrogens with zero attached hydrogens (tertiary/aromatic N) is 1. The molecule has 1 aromatic rings. The summed E-state index contributed by atoms with van der Waals surface area (Å²) in [6.45, 7) is 0. The largest absolute Gasteiger partial charge is 0.274 e. The summed E-state index contributed by atoms with van der Waals surface area (Å²) >= 11 is 0. The zero-order valence-corrected chi connectivity index (χ0v) is 10.5. The van der Waals surface area contributed by atoms with Crippen molar-refractivity contribution in [2.45, 2.75) is 25.7 Å². The van der Waals surface area contributed by atoms with Crippen LogP contribution < -0.4 is 4.90 Å². The molecule has 1 heterocycles. The fraction of sp³-hybridized carbons (Fsp3) is 0.429. The van der Waals surface area contributed by atoms with Gasteiger partial charge in [-0.15, -0.1) is 0 Å². The molecule has 0 spiro atoms. The molecule has 1 aliphatic heterocycles. The van der Waals surface area contributed by atoms with E-state index in [0.29, 0.717) is 29.9 Å². The van der Waals surface area contributed by atoms with Crippen molar-refractivity contribution in [3.63, 3.8) is 0 Å². The first-order chi connectivity index (χ1) is 9.50. The monoisotopic (exact) mass is 283 g/mol. The summed E-state index contributed by atoms with van der Waals surface area (Å²) in [4.78, 5) is 25.1. The minimum Gasteiger partial charge on any atom is -0.274 e. The van der Waals surface area contributed by atoms with Crippen molar-refractivity contribution in [3.05, 3.63) is 29.6 Å². The number of amides is 2. The van der Waals surface area contributed by atoms with E-state index in [1.54, 1.807) is 0 Å². The molecule has 1 aliphatic carbocycles. The van der Waals surface area contributed by atoms with Crippen LogP contribution in [0.5, 0.6) is 0 Å². The van der Waals surface area contributed by atoms with Crippen molar-refractivity contribution in [2.24, 2.45) is 11.8 Å². The molecule has 0 radical (unpaired) electrons. The number of benzene rings is 1. The maximum absolute atomic E-state index is 13.8.